The molecule has 1 rings (SSSR count). The summed E-state index contributed by atoms with van der Waals surface area (Å²) in [4.78, 5) is 16.5. The van der Waals surface area contributed by atoms with Crippen LogP contribution in [-0.4, -0.2) is 54.6 Å². The number of hydrogen-bond acceptors (Lipinski definition) is 6. The first kappa shape index (κ1) is 20.8. The van der Waals surface area contributed by atoms with Crippen molar-refractivity contribution < 1.29 is 9.34 Å². The minimum Gasteiger partial charge on any atom is -0.464 e. The number of hydrogen-bond donors (Lipinski definition) is 1. The molecule has 0 spiro atoms. The SMILES string of the molecule is C#CCNC(C[N+](=O)[O-])=NCCSCc1ccc(CN(C)CC=C)o1. The Morgan fingerprint density at radius 2 is 2.36 bits per heavy atom. The molecule has 0 unspecified atom stereocenters. The molecule has 0 atom stereocenters. The smallest absolute Gasteiger partial charge is 0.259 e. The highest BCUT2D eigenvalue weighted by atomic mass is 32.2. The lowest BCUT2D eigenvalue weighted by atomic mass is 10.4. The topological polar surface area (TPSA) is 83.9 Å². The average Bonchev–Trinajstić information content (AvgIpc) is 2.99. The summed E-state index contributed by atoms with van der Waals surface area (Å²) in [6, 6.07) is 3.95. The molecule has 0 aliphatic rings. The third kappa shape index (κ3) is 9.59. The molecule has 0 radical (unpaired) electrons. The first-order valence-corrected chi connectivity index (χ1v) is 8.97. The standard InChI is InChI=1S/C17H24N4O3S/c1-4-8-18-17(13-21(22)23)19-9-11-25-14-16-7-6-15(24-16)12-20(3)10-5-2/h1,5-7H,2,8-14H2,3H3,(H,18,19). The molecule has 1 N–H and O–H groups in total. The highest BCUT2D eigenvalue weighted by Gasteiger charge is 2.07. The van der Waals surface area contributed by atoms with Gasteiger partial charge >= 0.3 is 0 Å². The number of furan rings is 1. The maximum atomic E-state index is 10.6. The van der Waals surface area contributed by atoms with Crippen LogP contribution >= 0.6 is 11.8 Å². The Morgan fingerprint density at radius 1 is 1.60 bits per heavy atom. The largest absolute Gasteiger partial charge is 0.464 e. The van der Waals surface area contributed by atoms with Crippen LogP contribution in [0.25, 0.3) is 0 Å². The summed E-state index contributed by atoms with van der Waals surface area (Å²) in [7, 11) is 2.01. The second-order valence-corrected chi connectivity index (χ2v) is 6.39. The van der Waals surface area contributed by atoms with E-state index in [1.165, 1.54) is 0 Å². The van der Waals surface area contributed by atoms with Gasteiger partial charge in [-0.2, -0.15) is 11.8 Å². The van der Waals surface area contributed by atoms with Gasteiger partial charge in [-0.15, -0.1) is 13.0 Å². The zero-order chi connectivity index (χ0) is 18.5. The van der Waals surface area contributed by atoms with E-state index in [-0.39, 0.29) is 13.1 Å². The Labute approximate surface area is 152 Å². The number of aliphatic imine (C=N–C) groups is 1. The van der Waals surface area contributed by atoms with Crippen LogP contribution in [0.4, 0.5) is 0 Å². The predicted octanol–water partition coefficient (Wildman–Crippen LogP) is 2.03. The van der Waals surface area contributed by atoms with Crippen molar-refractivity contribution in [3.63, 3.8) is 0 Å². The van der Waals surface area contributed by atoms with Gasteiger partial charge in [0, 0.05) is 17.2 Å². The zero-order valence-corrected chi connectivity index (χ0v) is 15.3. The molecule has 25 heavy (non-hydrogen) atoms. The molecule has 1 aromatic heterocycles. The van der Waals surface area contributed by atoms with Crippen molar-refractivity contribution in [3.05, 3.63) is 46.4 Å². The van der Waals surface area contributed by atoms with Gasteiger partial charge in [0.25, 0.3) is 6.54 Å². The van der Waals surface area contributed by atoms with Gasteiger partial charge in [-0.05, 0) is 19.2 Å². The van der Waals surface area contributed by atoms with Gasteiger partial charge in [-0.25, -0.2) is 0 Å². The molecule has 1 heterocycles. The van der Waals surface area contributed by atoms with Crippen LogP contribution in [-0.2, 0) is 12.3 Å². The third-order valence-electron chi connectivity index (χ3n) is 3.04. The maximum absolute atomic E-state index is 10.6. The van der Waals surface area contributed by atoms with Gasteiger partial charge in [0.15, 0.2) is 5.84 Å². The number of nitrogens with zero attached hydrogens (tertiary/aromatic N) is 3. The molecule has 0 fully saturated rings. The van der Waals surface area contributed by atoms with Gasteiger partial charge < -0.3 is 9.73 Å². The molecule has 7 nitrogen and oxygen atoms in total. The van der Waals surface area contributed by atoms with E-state index in [0.29, 0.717) is 12.4 Å². The minimum absolute atomic E-state index is 0.231. The molecule has 0 amide bonds. The molecule has 1 aromatic rings. The molecule has 0 aliphatic heterocycles. The zero-order valence-electron chi connectivity index (χ0n) is 14.4. The molecule has 0 aromatic carbocycles. The van der Waals surface area contributed by atoms with E-state index in [4.69, 9.17) is 10.8 Å². The normalized spacial score (nSPS) is 11.3. The molecule has 136 valence electrons. The fourth-order valence-corrected chi connectivity index (χ4v) is 2.71. The summed E-state index contributed by atoms with van der Waals surface area (Å²) in [6.45, 7) is 5.64. The van der Waals surface area contributed by atoms with E-state index < -0.39 is 4.92 Å². The lowest BCUT2D eigenvalue weighted by Crippen LogP contribution is -2.31. The number of amidine groups is 1. The Kier molecular flexibility index (Phi) is 10.1. The fourth-order valence-electron chi connectivity index (χ4n) is 1.99. The summed E-state index contributed by atoms with van der Waals surface area (Å²) in [6.07, 6.45) is 6.99. The van der Waals surface area contributed by atoms with Gasteiger partial charge in [-0.3, -0.25) is 20.0 Å². The molecule has 0 aliphatic carbocycles. The van der Waals surface area contributed by atoms with Crippen LogP contribution in [0, 0.1) is 22.5 Å². The van der Waals surface area contributed by atoms with Crippen LogP contribution in [0.3, 0.4) is 0 Å². The van der Waals surface area contributed by atoms with Crippen molar-refractivity contribution >= 4 is 17.6 Å². The van der Waals surface area contributed by atoms with E-state index in [2.05, 4.69) is 27.7 Å². The number of terminal acetylenes is 1. The second kappa shape index (κ2) is 12.2. The van der Waals surface area contributed by atoms with Gasteiger partial charge in [0.2, 0.25) is 0 Å². The Hall–Kier alpha value is -2.24. The highest BCUT2D eigenvalue weighted by molar-refractivity contribution is 7.98. The molecular weight excluding hydrogens is 340 g/mol. The maximum Gasteiger partial charge on any atom is 0.259 e. The lowest BCUT2D eigenvalue weighted by Gasteiger charge is -2.11. The minimum atomic E-state index is -0.427. The van der Waals surface area contributed by atoms with E-state index in [1.807, 2.05) is 25.3 Å². The van der Waals surface area contributed by atoms with Crippen LogP contribution in [0.2, 0.25) is 0 Å². The first-order chi connectivity index (χ1) is 12.0. The number of nitro groups is 1. The highest BCUT2D eigenvalue weighted by Crippen LogP contribution is 2.16. The van der Waals surface area contributed by atoms with Crippen molar-refractivity contribution in [3.8, 4) is 12.3 Å². The summed E-state index contributed by atoms with van der Waals surface area (Å²) < 4.78 is 5.78. The molecule has 0 bridgehead atoms. The van der Waals surface area contributed by atoms with Gasteiger partial charge in [-0.1, -0.05) is 12.0 Å². The number of thioether (sulfide) groups is 1. The van der Waals surface area contributed by atoms with E-state index in [0.717, 1.165) is 36.1 Å². The molecule has 0 saturated carbocycles. The van der Waals surface area contributed by atoms with E-state index in [9.17, 15) is 10.1 Å². The summed E-state index contributed by atoms with van der Waals surface area (Å²) >= 11 is 1.66. The van der Waals surface area contributed by atoms with Crippen molar-refractivity contribution in [2.24, 2.45) is 4.99 Å². The number of likely N-dealkylation sites (N-methyl/N-ethyl adjacent to an activating group) is 1. The van der Waals surface area contributed by atoms with Crippen molar-refractivity contribution in [1.29, 1.82) is 0 Å². The molecule has 8 heteroatoms. The Balaban J connectivity index is 2.33. The van der Waals surface area contributed by atoms with Crippen LogP contribution < -0.4 is 5.32 Å². The van der Waals surface area contributed by atoms with Gasteiger partial charge in [0.1, 0.15) is 11.5 Å². The number of rotatable bonds is 12. The van der Waals surface area contributed by atoms with Crippen LogP contribution in [0.15, 0.2) is 34.2 Å². The number of nitrogens with one attached hydrogen (secondary N) is 1. The summed E-state index contributed by atoms with van der Waals surface area (Å²) in [5, 5.41) is 13.3. The van der Waals surface area contributed by atoms with Gasteiger partial charge in [0.05, 0.1) is 25.4 Å². The van der Waals surface area contributed by atoms with E-state index in [1.54, 1.807) is 11.8 Å². The predicted molar refractivity (Wildman–Crippen MR) is 102 cm³/mol. The van der Waals surface area contributed by atoms with Crippen molar-refractivity contribution in [2.75, 3.05) is 39.0 Å². The monoisotopic (exact) mass is 364 g/mol. The Bertz CT molecular complexity index is 622. The molecular formula is C17H24N4O3S. The first-order valence-electron chi connectivity index (χ1n) is 7.82. The summed E-state index contributed by atoms with van der Waals surface area (Å²) in [5.74, 6) is 6.00. The molecule has 0 saturated heterocycles. The van der Waals surface area contributed by atoms with E-state index >= 15 is 0 Å². The second-order valence-electron chi connectivity index (χ2n) is 5.28. The van der Waals surface area contributed by atoms with Crippen molar-refractivity contribution in [2.45, 2.75) is 12.3 Å². The quantitative estimate of drug-likeness (QED) is 0.116. The average molecular weight is 364 g/mol. The van der Waals surface area contributed by atoms with Crippen molar-refractivity contribution in [1.82, 2.24) is 10.2 Å². The van der Waals surface area contributed by atoms with Crippen LogP contribution in [0.5, 0.6) is 0 Å². The Morgan fingerprint density at radius 3 is 3.04 bits per heavy atom. The van der Waals surface area contributed by atoms with Crippen LogP contribution in [0.1, 0.15) is 11.5 Å². The fraction of sp³-hybridized carbons (Fsp3) is 0.471. The third-order valence-corrected chi connectivity index (χ3v) is 4.00. The summed E-state index contributed by atoms with van der Waals surface area (Å²) in [5.41, 5.74) is 0. The lowest BCUT2D eigenvalue weighted by molar-refractivity contribution is -0.463.